The number of ether oxygens (including phenoxy) is 3. The number of phosphoric ester groups is 1. The minimum Gasteiger partial charge on any atom is -0.756 e. The zero-order valence-corrected chi connectivity index (χ0v) is 41.4. The molecule has 11 nitrogen and oxygen atoms in total. The lowest BCUT2D eigenvalue weighted by Crippen LogP contribution is -2.37. The van der Waals surface area contributed by atoms with Crippen LogP contribution in [0.4, 0.5) is 0 Å². The Bertz CT molecular complexity index is 1400. The van der Waals surface area contributed by atoms with Gasteiger partial charge in [0.15, 0.2) is 6.10 Å². The minimum atomic E-state index is -4.64. The van der Waals surface area contributed by atoms with E-state index in [9.17, 15) is 19.0 Å². The maximum absolute atomic E-state index is 12.7. The topological polar surface area (TPSA) is 137 Å². The van der Waals surface area contributed by atoms with E-state index < -0.39 is 32.5 Å². The van der Waals surface area contributed by atoms with Crippen molar-refractivity contribution >= 4 is 19.8 Å². The number of carbonyl (C=O) groups excluding carboxylic acids is 2. The maximum atomic E-state index is 12.7. The first-order chi connectivity index (χ1) is 29.7. The van der Waals surface area contributed by atoms with Crippen LogP contribution in [-0.2, 0) is 50.3 Å². The van der Waals surface area contributed by atoms with Gasteiger partial charge in [-0.1, -0.05) is 129 Å². The molecule has 12 heteroatoms. The molecule has 0 N–H and O–H groups in total. The van der Waals surface area contributed by atoms with Gasteiger partial charge in [-0.2, -0.15) is 0 Å². The number of esters is 2. The summed E-state index contributed by atoms with van der Waals surface area (Å²) in [5, 5.41) is 0. The molecule has 1 aromatic rings. The van der Waals surface area contributed by atoms with E-state index in [-0.39, 0.29) is 26.1 Å². The van der Waals surface area contributed by atoms with Crippen molar-refractivity contribution in [2.75, 3.05) is 47.5 Å². The number of quaternary nitrogens is 1. The van der Waals surface area contributed by atoms with Crippen molar-refractivity contribution < 1.29 is 51.2 Å². The molecule has 1 saturated heterocycles. The van der Waals surface area contributed by atoms with Gasteiger partial charge in [0.05, 0.1) is 40.0 Å². The third-order valence-electron chi connectivity index (χ3n) is 11.9. The summed E-state index contributed by atoms with van der Waals surface area (Å²) in [6.07, 6.45) is 33.6. The number of likely N-dealkylation sites (N-methyl/N-ethyl adjacent to an activating group) is 1. The molecule has 2 heterocycles. The van der Waals surface area contributed by atoms with Gasteiger partial charge >= 0.3 is 11.9 Å². The molecule has 3 unspecified atom stereocenters. The normalized spacial score (nSPS) is 16.8. The number of allylic oxidation sites excluding steroid dienone is 1. The lowest BCUT2D eigenvalue weighted by Gasteiger charge is -2.28. The molecule has 0 spiro atoms. The summed E-state index contributed by atoms with van der Waals surface area (Å²) in [6.45, 7) is 8.54. The van der Waals surface area contributed by atoms with Crippen LogP contribution in [0.3, 0.4) is 0 Å². The van der Waals surface area contributed by atoms with Gasteiger partial charge in [-0.25, -0.2) is 0 Å². The molecule has 1 aromatic heterocycles. The van der Waals surface area contributed by atoms with Gasteiger partial charge in [0.2, 0.25) is 0 Å². The Morgan fingerprint density at radius 3 is 1.81 bits per heavy atom. The fourth-order valence-corrected chi connectivity index (χ4v) is 8.33. The van der Waals surface area contributed by atoms with Crippen LogP contribution >= 0.6 is 7.82 Å². The Hall–Kier alpha value is -2.01. The van der Waals surface area contributed by atoms with Gasteiger partial charge in [0.25, 0.3) is 7.82 Å². The number of hydrogen-bond donors (Lipinski definition) is 0. The van der Waals surface area contributed by atoms with Crippen molar-refractivity contribution in [2.45, 2.75) is 226 Å². The summed E-state index contributed by atoms with van der Waals surface area (Å²) in [6, 6.07) is 0. The fraction of sp³-hybridized carbons (Fsp3) is 0.840. The Labute approximate surface area is 378 Å². The molecule has 0 bridgehead atoms. The summed E-state index contributed by atoms with van der Waals surface area (Å²) in [4.78, 5) is 37.8. The summed E-state index contributed by atoms with van der Waals surface area (Å²) >= 11 is 0. The highest BCUT2D eigenvalue weighted by Crippen LogP contribution is 2.38. The smallest absolute Gasteiger partial charge is 0.306 e. The quantitative estimate of drug-likeness (QED) is 0.0156. The van der Waals surface area contributed by atoms with Crippen LogP contribution in [0.1, 0.15) is 203 Å². The number of hydrogen-bond acceptors (Lipinski definition) is 10. The van der Waals surface area contributed by atoms with Crippen molar-refractivity contribution in [2.24, 2.45) is 0 Å². The van der Waals surface area contributed by atoms with Gasteiger partial charge in [0, 0.05) is 25.7 Å². The van der Waals surface area contributed by atoms with E-state index in [1.54, 1.807) is 0 Å². The van der Waals surface area contributed by atoms with Gasteiger partial charge in [-0.05, 0) is 76.3 Å². The number of unbranched alkanes of at least 4 members (excludes halogenated alkanes) is 18. The predicted molar refractivity (Wildman–Crippen MR) is 248 cm³/mol. The van der Waals surface area contributed by atoms with Crippen molar-refractivity contribution in [1.29, 1.82) is 0 Å². The van der Waals surface area contributed by atoms with Crippen LogP contribution in [0, 0.1) is 13.8 Å². The maximum Gasteiger partial charge on any atom is 0.306 e. The fourth-order valence-electron chi connectivity index (χ4n) is 7.61. The average molecular weight is 896 g/mol. The van der Waals surface area contributed by atoms with Crippen molar-refractivity contribution in [1.82, 2.24) is 0 Å². The molecule has 360 valence electrons. The molecule has 2 rings (SSSR count). The van der Waals surface area contributed by atoms with E-state index in [1.165, 1.54) is 106 Å². The van der Waals surface area contributed by atoms with E-state index in [2.05, 4.69) is 39.8 Å². The van der Waals surface area contributed by atoms with Crippen molar-refractivity contribution in [3.8, 4) is 0 Å². The number of epoxide rings is 1. The second-order valence-corrected chi connectivity index (χ2v) is 20.2. The molecule has 0 saturated carbocycles. The summed E-state index contributed by atoms with van der Waals surface area (Å²) in [5.74, 6) is 1.51. The first kappa shape index (κ1) is 56.1. The minimum absolute atomic E-state index is 0.0400. The summed E-state index contributed by atoms with van der Waals surface area (Å²) in [5.41, 5.74) is 2.69. The number of rotatable bonds is 41. The SMILES string of the molecule is CCCCCc1oc(CCCCCCCCCCCCC(=O)OC[C@H](COP(=O)([O-])OCC[N+](C)(C)C)OC(=O)CCCCCCC/C=C\CC2OC2CCCCC)c(C)c1C. The Balaban J connectivity index is 1.58. The van der Waals surface area contributed by atoms with Crippen molar-refractivity contribution in [3.05, 3.63) is 34.8 Å². The highest BCUT2D eigenvalue weighted by Gasteiger charge is 2.36. The average Bonchev–Trinajstić information content (AvgIpc) is 3.92. The van der Waals surface area contributed by atoms with E-state index in [0.29, 0.717) is 36.1 Å². The molecular weight excluding hydrogens is 806 g/mol. The van der Waals surface area contributed by atoms with E-state index in [0.717, 1.165) is 70.6 Å². The number of aryl methyl sites for hydroxylation is 2. The number of nitrogens with zero attached hydrogens (tertiary/aromatic N) is 1. The third-order valence-corrected chi connectivity index (χ3v) is 12.9. The molecular formula is C50H90NO10P. The molecule has 62 heavy (non-hydrogen) atoms. The second-order valence-electron chi connectivity index (χ2n) is 18.8. The predicted octanol–water partition coefficient (Wildman–Crippen LogP) is 12.2. The van der Waals surface area contributed by atoms with Crippen LogP contribution in [-0.4, -0.2) is 82.2 Å². The van der Waals surface area contributed by atoms with E-state index >= 15 is 0 Å². The van der Waals surface area contributed by atoms with Gasteiger partial charge < -0.3 is 37.1 Å². The van der Waals surface area contributed by atoms with Gasteiger partial charge in [-0.3, -0.25) is 14.2 Å². The molecule has 1 fully saturated rings. The second kappa shape index (κ2) is 33.5. The highest BCUT2D eigenvalue weighted by atomic mass is 31.2. The lowest BCUT2D eigenvalue weighted by atomic mass is 10.0. The summed E-state index contributed by atoms with van der Waals surface area (Å²) in [7, 11) is 1.14. The largest absolute Gasteiger partial charge is 0.756 e. The van der Waals surface area contributed by atoms with Crippen molar-refractivity contribution in [3.63, 3.8) is 0 Å². The first-order valence-corrected chi connectivity index (χ1v) is 26.3. The highest BCUT2D eigenvalue weighted by molar-refractivity contribution is 7.45. The first-order valence-electron chi connectivity index (χ1n) is 24.9. The van der Waals surface area contributed by atoms with Crippen LogP contribution in [0.2, 0.25) is 0 Å². The molecule has 0 radical (unpaired) electrons. The number of phosphoric acid groups is 1. The molecule has 1 aliphatic heterocycles. The molecule has 0 amide bonds. The Morgan fingerprint density at radius 2 is 1.21 bits per heavy atom. The van der Waals surface area contributed by atoms with Gasteiger partial charge in [-0.15, -0.1) is 0 Å². The standard InChI is InChI=1S/C50H90NO10P/c1-8-10-26-32-45-42(3)43(4)46(60-45)33-28-22-18-14-12-13-15-20-24-30-36-49(52)56-40-44(41-58-62(54,55)57-39-38-51(5,6)7)59-50(53)37-31-25-21-17-16-19-23-29-35-48-47(61-48)34-27-11-9-2/h23,29,44,47-48H,8-22,24-28,30-41H2,1-7H3/b29-23-/t44-,47?,48?/m1/s1. The third kappa shape index (κ3) is 28.7. The van der Waals surface area contributed by atoms with Gasteiger partial charge in [0.1, 0.15) is 31.3 Å². The van der Waals surface area contributed by atoms with Crippen LogP contribution in [0.15, 0.2) is 16.6 Å². The number of furan rings is 1. The Kier molecular flexibility index (Phi) is 30.3. The van der Waals surface area contributed by atoms with Crippen LogP contribution in [0.25, 0.3) is 0 Å². The Morgan fingerprint density at radius 1 is 0.677 bits per heavy atom. The summed E-state index contributed by atoms with van der Waals surface area (Å²) < 4.78 is 46.0. The van der Waals surface area contributed by atoms with Crippen LogP contribution in [0.5, 0.6) is 0 Å². The lowest BCUT2D eigenvalue weighted by molar-refractivity contribution is -0.870. The molecule has 0 aromatic carbocycles. The monoisotopic (exact) mass is 896 g/mol. The molecule has 0 aliphatic carbocycles. The molecule has 1 aliphatic rings. The van der Waals surface area contributed by atoms with E-state index in [1.807, 2.05) is 21.1 Å². The molecule has 4 atom stereocenters. The number of carbonyl (C=O) groups is 2. The zero-order valence-electron chi connectivity index (χ0n) is 40.5. The van der Waals surface area contributed by atoms with Crippen LogP contribution < -0.4 is 4.89 Å². The van der Waals surface area contributed by atoms with E-state index in [4.69, 9.17) is 27.7 Å². The zero-order chi connectivity index (χ0) is 45.5.